The summed E-state index contributed by atoms with van der Waals surface area (Å²) in [5.41, 5.74) is 1.95. The van der Waals surface area contributed by atoms with Crippen molar-refractivity contribution in [2.24, 2.45) is 0 Å². The molecule has 0 atom stereocenters. The highest BCUT2D eigenvalue weighted by atomic mass is 32.1. The van der Waals surface area contributed by atoms with Crippen LogP contribution in [0.15, 0.2) is 24.3 Å². The fourth-order valence-corrected chi connectivity index (χ4v) is 4.66. The minimum absolute atomic E-state index is 0.143. The molecule has 0 radical (unpaired) electrons. The highest BCUT2D eigenvalue weighted by Crippen LogP contribution is 2.28. The van der Waals surface area contributed by atoms with E-state index in [1.54, 1.807) is 24.3 Å². The first-order valence-corrected chi connectivity index (χ1v) is 10.3. The van der Waals surface area contributed by atoms with Gasteiger partial charge in [-0.15, -0.1) is 11.3 Å². The second kappa shape index (κ2) is 7.81. The van der Waals surface area contributed by atoms with Crippen molar-refractivity contribution in [2.45, 2.75) is 32.7 Å². The van der Waals surface area contributed by atoms with E-state index in [4.69, 9.17) is 0 Å². The molecule has 0 unspecified atom stereocenters. The standard InChI is InChI=1S/C20H22N4O3S/c1-2-23-11-9-15-16(12-23)28-20(21-15)22-17(25)8-5-10-24-18(26)13-6-3-4-7-14(13)19(24)27/h3-4,6-7H,2,5,8-12H2,1H3,(H,21,22,25). The number of fused-ring (bicyclic) bond motifs is 2. The van der Waals surface area contributed by atoms with Gasteiger partial charge < -0.3 is 5.32 Å². The molecular formula is C20H22N4O3S. The minimum atomic E-state index is -0.283. The molecule has 0 spiro atoms. The average molecular weight is 398 g/mol. The zero-order chi connectivity index (χ0) is 19.7. The van der Waals surface area contributed by atoms with E-state index in [2.05, 4.69) is 22.1 Å². The number of likely N-dealkylation sites (N-methyl/N-ethyl adjacent to an activating group) is 1. The topological polar surface area (TPSA) is 82.6 Å². The van der Waals surface area contributed by atoms with Gasteiger partial charge in [-0.3, -0.25) is 24.2 Å². The van der Waals surface area contributed by atoms with Crippen LogP contribution < -0.4 is 5.32 Å². The lowest BCUT2D eigenvalue weighted by Crippen LogP contribution is -2.31. The van der Waals surface area contributed by atoms with Crippen LogP contribution in [-0.2, 0) is 17.8 Å². The molecule has 3 amide bonds. The third-order valence-electron chi connectivity index (χ3n) is 5.17. The number of carbonyl (C=O) groups is 3. The van der Waals surface area contributed by atoms with Crippen LogP contribution in [0.3, 0.4) is 0 Å². The maximum absolute atomic E-state index is 12.3. The van der Waals surface area contributed by atoms with Gasteiger partial charge in [0.1, 0.15) is 0 Å². The van der Waals surface area contributed by atoms with Gasteiger partial charge in [0.05, 0.1) is 16.8 Å². The predicted molar refractivity (Wildman–Crippen MR) is 106 cm³/mol. The van der Waals surface area contributed by atoms with Crippen LogP contribution in [-0.4, -0.2) is 52.1 Å². The van der Waals surface area contributed by atoms with Crippen LogP contribution in [0.5, 0.6) is 0 Å². The van der Waals surface area contributed by atoms with Gasteiger partial charge in [-0.25, -0.2) is 4.98 Å². The molecule has 1 aromatic heterocycles. The molecule has 2 aliphatic rings. The number of thiazole rings is 1. The first-order valence-electron chi connectivity index (χ1n) is 9.53. The highest BCUT2D eigenvalue weighted by molar-refractivity contribution is 7.15. The average Bonchev–Trinajstić information content (AvgIpc) is 3.21. The Kier molecular flexibility index (Phi) is 5.23. The van der Waals surface area contributed by atoms with Gasteiger partial charge in [0, 0.05) is 37.4 Å². The number of benzene rings is 1. The smallest absolute Gasteiger partial charge is 0.261 e. The number of imide groups is 1. The lowest BCUT2D eigenvalue weighted by Gasteiger charge is -2.23. The number of nitrogens with one attached hydrogen (secondary N) is 1. The summed E-state index contributed by atoms with van der Waals surface area (Å²) in [4.78, 5) is 46.2. The van der Waals surface area contributed by atoms with E-state index in [1.807, 2.05) is 0 Å². The lowest BCUT2D eigenvalue weighted by molar-refractivity contribution is -0.116. The van der Waals surface area contributed by atoms with E-state index in [1.165, 1.54) is 21.1 Å². The van der Waals surface area contributed by atoms with Crippen LogP contribution >= 0.6 is 11.3 Å². The van der Waals surface area contributed by atoms with Gasteiger partial charge in [-0.2, -0.15) is 0 Å². The Balaban J connectivity index is 1.29. The van der Waals surface area contributed by atoms with Crippen molar-refractivity contribution in [3.63, 3.8) is 0 Å². The van der Waals surface area contributed by atoms with Crippen molar-refractivity contribution in [1.29, 1.82) is 0 Å². The van der Waals surface area contributed by atoms with E-state index in [0.717, 1.165) is 31.7 Å². The first-order chi connectivity index (χ1) is 13.6. The molecule has 3 heterocycles. The molecule has 0 fully saturated rings. The monoisotopic (exact) mass is 398 g/mol. The number of carbonyl (C=O) groups excluding carboxylic acids is 3. The zero-order valence-corrected chi connectivity index (χ0v) is 16.6. The first kappa shape index (κ1) is 18.8. The number of aromatic nitrogens is 1. The molecule has 0 bridgehead atoms. The Morgan fingerprint density at radius 2 is 1.93 bits per heavy atom. The maximum Gasteiger partial charge on any atom is 0.261 e. The van der Waals surface area contributed by atoms with Crippen molar-refractivity contribution in [2.75, 3.05) is 25.0 Å². The zero-order valence-electron chi connectivity index (χ0n) is 15.7. The molecule has 1 aromatic carbocycles. The van der Waals surface area contributed by atoms with Crippen LogP contribution in [0, 0.1) is 0 Å². The van der Waals surface area contributed by atoms with E-state index in [0.29, 0.717) is 22.7 Å². The van der Waals surface area contributed by atoms with E-state index in [-0.39, 0.29) is 30.7 Å². The second-order valence-corrected chi connectivity index (χ2v) is 8.05. The fourth-order valence-electron chi connectivity index (χ4n) is 3.59. The molecule has 146 valence electrons. The Bertz CT molecular complexity index is 904. The summed E-state index contributed by atoms with van der Waals surface area (Å²) >= 11 is 1.53. The largest absolute Gasteiger partial charge is 0.302 e. The molecule has 8 heteroatoms. The number of rotatable bonds is 6. The van der Waals surface area contributed by atoms with Crippen LogP contribution in [0.2, 0.25) is 0 Å². The Hall–Kier alpha value is -2.58. The third-order valence-corrected chi connectivity index (χ3v) is 6.17. The SMILES string of the molecule is CCN1CCc2nc(NC(=O)CCCN3C(=O)c4ccccc4C3=O)sc2C1. The molecule has 4 rings (SSSR count). The Morgan fingerprint density at radius 1 is 1.21 bits per heavy atom. The van der Waals surface area contributed by atoms with Crippen molar-refractivity contribution < 1.29 is 14.4 Å². The molecule has 7 nitrogen and oxygen atoms in total. The Morgan fingerprint density at radius 3 is 2.61 bits per heavy atom. The summed E-state index contributed by atoms with van der Waals surface area (Å²) in [7, 11) is 0. The summed E-state index contributed by atoms with van der Waals surface area (Å²) < 4.78 is 0. The molecule has 0 saturated heterocycles. The summed E-state index contributed by atoms with van der Waals surface area (Å²) in [6, 6.07) is 6.81. The fraction of sp³-hybridized carbons (Fsp3) is 0.400. The summed E-state index contributed by atoms with van der Waals surface area (Å²) in [5.74, 6) is -0.710. The quantitative estimate of drug-likeness (QED) is 0.756. The second-order valence-electron chi connectivity index (χ2n) is 6.97. The lowest BCUT2D eigenvalue weighted by atomic mass is 10.1. The third kappa shape index (κ3) is 3.57. The Labute approximate surface area is 167 Å². The number of anilines is 1. The van der Waals surface area contributed by atoms with Crippen LogP contribution in [0.4, 0.5) is 5.13 Å². The van der Waals surface area contributed by atoms with Gasteiger partial charge in [0.15, 0.2) is 5.13 Å². The summed E-state index contributed by atoms with van der Waals surface area (Å²) in [6.07, 6.45) is 1.57. The number of hydrogen-bond acceptors (Lipinski definition) is 6. The predicted octanol–water partition coefficient (Wildman–Crippen LogP) is 2.54. The molecule has 1 N–H and O–H groups in total. The highest BCUT2D eigenvalue weighted by Gasteiger charge is 2.34. The van der Waals surface area contributed by atoms with Gasteiger partial charge in [0.25, 0.3) is 11.8 Å². The minimum Gasteiger partial charge on any atom is -0.302 e. The van der Waals surface area contributed by atoms with Crippen LogP contribution in [0.1, 0.15) is 51.1 Å². The molecule has 0 aliphatic carbocycles. The van der Waals surface area contributed by atoms with Gasteiger partial charge in [-0.1, -0.05) is 19.1 Å². The number of hydrogen-bond donors (Lipinski definition) is 1. The number of amides is 3. The molecule has 2 aliphatic heterocycles. The van der Waals surface area contributed by atoms with Crippen molar-refractivity contribution in [3.05, 3.63) is 46.0 Å². The van der Waals surface area contributed by atoms with Crippen molar-refractivity contribution in [3.8, 4) is 0 Å². The van der Waals surface area contributed by atoms with E-state index in [9.17, 15) is 14.4 Å². The van der Waals surface area contributed by atoms with E-state index < -0.39 is 0 Å². The van der Waals surface area contributed by atoms with Crippen molar-refractivity contribution in [1.82, 2.24) is 14.8 Å². The number of nitrogens with zero attached hydrogens (tertiary/aromatic N) is 3. The molecule has 28 heavy (non-hydrogen) atoms. The molecule has 2 aromatic rings. The van der Waals surface area contributed by atoms with E-state index >= 15 is 0 Å². The van der Waals surface area contributed by atoms with Crippen molar-refractivity contribution >= 4 is 34.2 Å². The van der Waals surface area contributed by atoms with Crippen LogP contribution in [0.25, 0.3) is 0 Å². The summed E-state index contributed by atoms with van der Waals surface area (Å²) in [6.45, 7) is 5.28. The van der Waals surface area contributed by atoms with Gasteiger partial charge in [-0.05, 0) is 25.1 Å². The summed E-state index contributed by atoms with van der Waals surface area (Å²) in [5, 5.41) is 3.49. The normalized spacial score (nSPS) is 16.2. The van der Waals surface area contributed by atoms with Gasteiger partial charge >= 0.3 is 0 Å². The molecule has 0 saturated carbocycles. The van der Waals surface area contributed by atoms with Gasteiger partial charge in [0.2, 0.25) is 5.91 Å². The maximum atomic E-state index is 12.3. The molecular weight excluding hydrogens is 376 g/mol.